The van der Waals surface area contributed by atoms with Crippen molar-refractivity contribution in [2.24, 2.45) is 4.99 Å². The predicted molar refractivity (Wildman–Crippen MR) is 105 cm³/mol. The van der Waals surface area contributed by atoms with Crippen LogP contribution < -0.4 is 4.90 Å². The number of anilines is 1. The minimum atomic E-state index is -4.17. The van der Waals surface area contributed by atoms with Gasteiger partial charge in [0.2, 0.25) is 5.91 Å². The molecular formula is C18H20ClN2O5P. The van der Waals surface area contributed by atoms with Crippen molar-refractivity contribution in [2.75, 3.05) is 25.1 Å². The molecule has 0 aromatic heterocycles. The summed E-state index contributed by atoms with van der Waals surface area (Å²) in [5, 5.41) is 0.634. The number of amides is 1. The normalized spacial score (nSPS) is 13.9. The Balaban J connectivity index is 0.000000321. The fourth-order valence-corrected chi connectivity index (χ4v) is 2.98. The van der Waals surface area contributed by atoms with E-state index in [-0.39, 0.29) is 19.1 Å². The molecule has 0 bridgehead atoms. The minimum absolute atomic E-state index is 0.0282. The number of hydrogen-bond acceptors (Lipinski definition) is 4. The average Bonchev–Trinajstić information content (AvgIpc) is 2.73. The van der Waals surface area contributed by atoms with Gasteiger partial charge in [-0.25, -0.2) is 4.57 Å². The van der Waals surface area contributed by atoms with Crippen molar-refractivity contribution in [3.05, 3.63) is 64.7 Å². The smallest absolute Gasteiger partial charge is 0.313 e. The van der Waals surface area contributed by atoms with Crippen molar-refractivity contribution < 1.29 is 23.7 Å². The van der Waals surface area contributed by atoms with Gasteiger partial charge in [-0.05, 0) is 25.1 Å². The summed E-state index contributed by atoms with van der Waals surface area (Å²) in [4.78, 5) is 33.9. The molecule has 1 aliphatic rings. The van der Waals surface area contributed by atoms with Crippen LogP contribution in [0.1, 0.15) is 18.1 Å². The number of likely N-dealkylation sites (N-methyl/N-ethyl adjacent to an activating group) is 1. The Kier molecular flexibility index (Phi) is 7.30. The zero-order valence-corrected chi connectivity index (χ0v) is 16.5. The van der Waals surface area contributed by atoms with Gasteiger partial charge in [-0.15, -0.1) is 0 Å². The number of aliphatic imine (C=N–C) groups is 1. The van der Waals surface area contributed by atoms with Crippen molar-refractivity contribution in [2.45, 2.75) is 6.92 Å². The van der Waals surface area contributed by atoms with Gasteiger partial charge >= 0.3 is 7.82 Å². The SMILES string of the molecule is CCOP(=O)(O)O.CN1C(=O)CN=C(c2ccccc2)c2cc(Cl)ccc21. The number of hydrogen-bond donors (Lipinski definition) is 2. The van der Waals surface area contributed by atoms with Crippen LogP contribution in [0.4, 0.5) is 5.69 Å². The Bertz CT molecular complexity index is 883. The van der Waals surface area contributed by atoms with Crippen molar-refractivity contribution >= 4 is 36.7 Å². The van der Waals surface area contributed by atoms with Gasteiger partial charge in [0.05, 0.1) is 18.0 Å². The third-order valence-corrected chi connectivity index (χ3v) is 4.50. The van der Waals surface area contributed by atoms with E-state index in [1.165, 1.54) is 6.92 Å². The largest absolute Gasteiger partial charge is 0.469 e. The highest BCUT2D eigenvalue weighted by atomic mass is 35.5. The van der Waals surface area contributed by atoms with Crippen LogP contribution in [0, 0.1) is 0 Å². The Morgan fingerprint density at radius 1 is 1.22 bits per heavy atom. The summed E-state index contributed by atoms with van der Waals surface area (Å²) in [7, 11) is -2.40. The third-order valence-electron chi connectivity index (χ3n) is 3.67. The molecule has 2 N–H and O–H groups in total. The summed E-state index contributed by atoms with van der Waals surface area (Å²) in [5.74, 6) is -0.0282. The number of phosphoric ester groups is 1. The first kappa shape index (κ1) is 21.3. The second kappa shape index (κ2) is 9.26. The van der Waals surface area contributed by atoms with Crippen molar-refractivity contribution in [1.29, 1.82) is 0 Å². The maximum atomic E-state index is 12.0. The maximum Gasteiger partial charge on any atom is 0.469 e. The van der Waals surface area contributed by atoms with Gasteiger partial charge in [0.15, 0.2) is 0 Å². The second-order valence-corrected chi connectivity index (χ2v) is 7.23. The van der Waals surface area contributed by atoms with Crippen molar-refractivity contribution in [3.8, 4) is 0 Å². The van der Waals surface area contributed by atoms with Gasteiger partial charge in [0, 0.05) is 23.2 Å². The fourth-order valence-electron chi connectivity index (χ4n) is 2.47. The monoisotopic (exact) mass is 410 g/mol. The Labute approximate surface area is 162 Å². The molecule has 0 aliphatic carbocycles. The minimum Gasteiger partial charge on any atom is -0.313 e. The molecule has 0 spiro atoms. The fraction of sp³-hybridized carbons (Fsp3) is 0.222. The van der Waals surface area contributed by atoms with Crippen LogP contribution in [0.2, 0.25) is 5.02 Å². The molecule has 1 aliphatic heterocycles. The Morgan fingerprint density at radius 2 is 1.89 bits per heavy atom. The maximum absolute atomic E-state index is 12.0. The van der Waals surface area contributed by atoms with Crippen LogP contribution >= 0.6 is 19.4 Å². The van der Waals surface area contributed by atoms with E-state index in [1.807, 2.05) is 42.5 Å². The molecule has 0 unspecified atom stereocenters. The first-order chi connectivity index (χ1) is 12.7. The molecule has 27 heavy (non-hydrogen) atoms. The summed E-state index contributed by atoms with van der Waals surface area (Å²) < 4.78 is 13.6. The number of phosphoric acid groups is 1. The topological polar surface area (TPSA) is 99.4 Å². The van der Waals surface area contributed by atoms with Crippen LogP contribution in [0.25, 0.3) is 0 Å². The highest BCUT2D eigenvalue weighted by Gasteiger charge is 2.22. The van der Waals surface area contributed by atoms with E-state index in [0.717, 1.165) is 22.5 Å². The van der Waals surface area contributed by atoms with Crippen LogP contribution in [0.3, 0.4) is 0 Å². The van der Waals surface area contributed by atoms with E-state index in [4.69, 9.17) is 21.4 Å². The Morgan fingerprint density at radius 3 is 2.44 bits per heavy atom. The second-order valence-electron chi connectivity index (χ2n) is 5.55. The number of fused-ring (bicyclic) bond motifs is 1. The predicted octanol–water partition coefficient (Wildman–Crippen LogP) is 3.27. The van der Waals surface area contributed by atoms with Gasteiger partial charge in [0.25, 0.3) is 0 Å². The molecule has 2 aromatic rings. The summed E-state index contributed by atoms with van der Waals surface area (Å²) in [5.41, 5.74) is 3.51. The molecule has 1 heterocycles. The van der Waals surface area contributed by atoms with E-state index >= 15 is 0 Å². The molecule has 1 amide bonds. The first-order valence-electron chi connectivity index (χ1n) is 8.09. The van der Waals surface area contributed by atoms with Crippen molar-refractivity contribution in [1.82, 2.24) is 0 Å². The number of benzene rings is 2. The van der Waals surface area contributed by atoms with Crippen molar-refractivity contribution in [3.63, 3.8) is 0 Å². The summed E-state index contributed by atoms with van der Waals surface area (Å²) in [6.07, 6.45) is 0. The van der Waals surface area contributed by atoms with E-state index in [0.29, 0.717) is 5.02 Å². The number of halogens is 1. The molecule has 2 aromatic carbocycles. The average molecular weight is 411 g/mol. The van der Waals surface area contributed by atoms with E-state index in [9.17, 15) is 9.36 Å². The summed E-state index contributed by atoms with van der Waals surface area (Å²) in [6.45, 7) is 1.70. The van der Waals surface area contributed by atoms with Gasteiger partial charge in [-0.3, -0.25) is 14.3 Å². The third kappa shape index (κ3) is 5.99. The lowest BCUT2D eigenvalue weighted by Gasteiger charge is -2.18. The molecule has 0 radical (unpaired) electrons. The number of carbonyl (C=O) groups excluding carboxylic acids is 1. The van der Waals surface area contributed by atoms with E-state index in [2.05, 4.69) is 9.52 Å². The van der Waals surface area contributed by atoms with Gasteiger partial charge in [0.1, 0.15) is 6.54 Å². The molecule has 0 saturated carbocycles. The molecule has 144 valence electrons. The lowest BCUT2D eigenvalue weighted by atomic mass is 10.0. The molecule has 7 nitrogen and oxygen atoms in total. The molecular weight excluding hydrogens is 391 g/mol. The highest BCUT2D eigenvalue weighted by Crippen LogP contribution is 2.35. The number of carbonyl (C=O) groups is 1. The highest BCUT2D eigenvalue weighted by molar-refractivity contribution is 7.46. The molecule has 0 atom stereocenters. The summed E-state index contributed by atoms with van der Waals surface area (Å²) in [6, 6.07) is 15.3. The van der Waals surface area contributed by atoms with Crippen LogP contribution in [0.5, 0.6) is 0 Å². The molecule has 9 heteroatoms. The quantitative estimate of drug-likeness (QED) is 0.756. The summed E-state index contributed by atoms with van der Waals surface area (Å²) >= 11 is 6.11. The lowest BCUT2D eigenvalue weighted by molar-refractivity contribution is -0.116. The lowest BCUT2D eigenvalue weighted by Crippen LogP contribution is -2.27. The van der Waals surface area contributed by atoms with E-state index < -0.39 is 7.82 Å². The van der Waals surface area contributed by atoms with Gasteiger partial charge in [-0.1, -0.05) is 41.9 Å². The van der Waals surface area contributed by atoms with Crippen LogP contribution in [-0.4, -0.2) is 41.6 Å². The Hall–Kier alpha value is -2.02. The number of nitrogens with zero attached hydrogens (tertiary/aromatic N) is 2. The number of benzodiazepines with no additional fused rings is 1. The number of rotatable bonds is 3. The standard InChI is InChI=1S/C16H13ClN2O.C2H7O4P/c1-19-14-8-7-12(17)9-13(14)16(18-10-15(19)20)11-5-3-2-4-6-11;1-2-6-7(3,4)5/h2-9H,10H2,1H3;2H2,1H3,(H2,3,4,5). The van der Waals surface area contributed by atoms with Gasteiger partial charge in [-0.2, -0.15) is 0 Å². The first-order valence-corrected chi connectivity index (χ1v) is 10.00. The zero-order valence-electron chi connectivity index (χ0n) is 14.9. The zero-order chi connectivity index (χ0) is 20.0. The molecule has 0 saturated heterocycles. The van der Waals surface area contributed by atoms with Crippen LogP contribution in [0.15, 0.2) is 53.5 Å². The van der Waals surface area contributed by atoms with E-state index in [1.54, 1.807) is 18.0 Å². The van der Waals surface area contributed by atoms with Gasteiger partial charge < -0.3 is 14.7 Å². The molecule has 0 fully saturated rings. The van der Waals surface area contributed by atoms with Crippen LogP contribution in [-0.2, 0) is 13.9 Å². The molecule has 3 rings (SSSR count).